The van der Waals surface area contributed by atoms with Gasteiger partial charge in [0.2, 0.25) is 116 Å². The van der Waals surface area contributed by atoms with E-state index < -0.39 is 128 Å². The predicted molar refractivity (Wildman–Crippen MR) is 528 cm³/mol. The van der Waals surface area contributed by atoms with E-state index in [1.165, 1.54) is 6.07 Å². The summed E-state index contributed by atoms with van der Waals surface area (Å²) in [5.41, 5.74) is 12.5. The Morgan fingerprint density at radius 3 is 0.471 bits per heavy atom. The first kappa shape index (κ1) is 88.2. The monoisotopic (exact) mass is 1810 g/mol. The van der Waals surface area contributed by atoms with Gasteiger partial charge < -0.3 is 0 Å². The first-order valence-corrected chi connectivity index (χ1v) is 44.4. The van der Waals surface area contributed by atoms with Crippen molar-refractivity contribution in [1.29, 1.82) is 0 Å². The van der Waals surface area contributed by atoms with Gasteiger partial charge in [-0.2, -0.15) is 0 Å². The Balaban J connectivity index is 0.616. The second-order valence-electron chi connectivity index (χ2n) is 32.4. The molecule has 22 nitrogen and oxygen atoms in total. The number of hydrogen-bond donors (Lipinski definition) is 0. The fourth-order valence-electron chi connectivity index (χ4n) is 16.5. The second-order valence-corrected chi connectivity index (χ2v) is 32.4. The van der Waals surface area contributed by atoms with Crippen LogP contribution in [0.15, 0.2) is 425 Å². The Hall–Kier alpha value is -19.7. The molecule has 0 aliphatic heterocycles. The second kappa shape index (κ2) is 39.2. The molecule has 0 radical (unpaired) electrons. The van der Waals surface area contributed by atoms with Crippen LogP contribution in [0.4, 0.5) is 0 Å². The average Bonchev–Trinajstić information content (AvgIpc) is 0.767. The Kier molecular flexibility index (Phi) is 24.7. The molecule has 0 aliphatic rings. The smallest absolute Gasteiger partial charge is 0.267 e. The fraction of sp³-hybridized carbons (Fsp3) is 0. The summed E-state index contributed by atoms with van der Waals surface area (Å²) < 4.78 is 0. The number of carbonyl (C=O) groups excluding carboxylic acids is 10. The van der Waals surface area contributed by atoms with E-state index in [9.17, 15) is 9.59 Å². The maximum Gasteiger partial charge on any atom is 0.267 e. The summed E-state index contributed by atoms with van der Waals surface area (Å²) in [6, 6.07) is 124. The molecular weight excluding hydrogens is 1750 g/mol. The van der Waals surface area contributed by atoms with Crippen molar-refractivity contribution in [3.8, 4) is 100 Å². The molecule has 140 heavy (non-hydrogen) atoms. The lowest BCUT2D eigenvalue weighted by molar-refractivity contribution is 0.0979. The summed E-state index contributed by atoms with van der Waals surface area (Å²) in [4.78, 5) is 206. The third-order valence-electron chi connectivity index (χ3n) is 23.5. The van der Waals surface area contributed by atoms with Gasteiger partial charge in [-0.05, 0) is 124 Å². The van der Waals surface area contributed by atoms with Crippen LogP contribution in [0, 0.1) is 0 Å². The molecule has 0 unspecified atom stereocenters. The molecule has 0 amide bonds. The minimum Gasteiger partial charge on any atom is -0.285 e. The summed E-state index contributed by atoms with van der Waals surface area (Å²) in [7, 11) is 0. The van der Waals surface area contributed by atoms with Crippen LogP contribution < -0.4 is 0 Å². The highest BCUT2D eigenvalue weighted by Gasteiger charge is 2.34. The number of aromatic nitrogens is 12. The van der Waals surface area contributed by atoms with E-state index in [1.807, 2.05) is 249 Å². The van der Waals surface area contributed by atoms with E-state index >= 15 is 38.4 Å². The van der Waals surface area contributed by atoms with Crippen LogP contribution >= 0.6 is 0 Å². The zero-order valence-electron chi connectivity index (χ0n) is 73.9. The number of rotatable bonds is 29. The Morgan fingerprint density at radius 1 is 0.114 bits per heavy atom. The summed E-state index contributed by atoms with van der Waals surface area (Å²) in [6.45, 7) is 0. The highest BCUT2D eigenvalue weighted by Crippen LogP contribution is 2.36. The minimum absolute atomic E-state index is 0.0455. The largest absolute Gasteiger partial charge is 0.285 e. The SMILES string of the molecule is O=C(c1cccc(-c2ccccc2)c1)c1nc(C(=O)c2cccc(-c3ccccc3)c2)nc(C(=O)c2nc(C(=O)c3cccc(-c4ccccc4)c3)nc(C(=O)c3cccc(-c4ccc(-c5ccc(-c6ccccc6C(=O)c6nc(C(=O)c7nc(C(=O)c8ccccc8-c8ccccc8)nc(C(=O)c8ccccc8-c8ccccc8)n7)nc(C(=O)c7ccccc7-c7ccccc7)n6)cc5)cc4)c3)n2)n1. The summed E-state index contributed by atoms with van der Waals surface area (Å²) in [5, 5.41) is 0. The van der Waals surface area contributed by atoms with E-state index in [4.69, 9.17) is 0 Å². The van der Waals surface area contributed by atoms with E-state index in [2.05, 4.69) is 59.8 Å². The molecule has 0 N–H and O–H groups in total. The lowest BCUT2D eigenvalue weighted by Gasteiger charge is -2.13. The van der Waals surface area contributed by atoms with Crippen molar-refractivity contribution in [1.82, 2.24) is 59.8 Å². The standard InChI is InChI=1S/C118H70N12O10/c131-97(85-47-27-43-81(67-85)71-31-7-1-8-32-71)107-119-108(98(132)86-48-28-44-82(68-86)72-33-9-2-10-34-72)122-115(121-107)105(139)116-123-109(99(133)87-49-29-45-83(69-87)73-35-11-3-12-36-73)120-110(124-116)100(134)88-50-30-46-84(70-88)76-61-59-74(60-62-76)75-63-65-80(66-64-75)92-54-22-26-58-96(92)104(138)114-126-113(103(137)95-57-25-21-53-91(95)79-41-17-6-18-42-79)129-118(130-114)106(140)117-127-111(101(135)93-55-23-19-51-89(93)77-37-13-4-14-38-77)125-112(128-117)102(136)94-56-24-20-52-90(94)78-39-15-5-16-40-78/h1-70H. The van der Waals surface area contributed by atoms with Gasteiger partial charge in [-0.3, -0.25) is 47.9 Å². The number of hydrogen-bond acceptors (Lipinski definition) is 22. The zero-order chi connectivity index (χ0) is 95.7. The van der Waals surface area contributed by atoms with Crippen LogP contribution in [0.25, 0.3) is 100 Å². The van der Waals surface area contributed by atoms with E-state index in [0.29, 0.717) is 72.3 Å². The number of ketones is 10. The first-order chi connectivity index (χ1) is 68.5. The zero-order valence-corrected chi connectivity index (χ0v) is 73.9. The van der Waals surface area contributed by atoms with Gasteiger partial charge >= 0.3 is 0 Å². The molecule has 0 atom stereocenters. The van der Waals surface area contributed by atoms with Crippen molar-refractivity contribution >= 4 is 57.8 Å². The van der Waals surface area contributed by atoms with Gasteiger partial charge in [0, 0.05) is 44.5 Å². The first-order valence-electron chi connectivity index (χ1n) is 44.4. The number of benzene rings is 16. The summed E-state index contributed by atoms with van der Waals surface area (Å²) in [6.07, 6.45) is 0. The van der Waals surface area contributed by atoms with Gasteiger partial charge in [-0.15, -0.1) is 0 Å². The third kappa shape index (κ3) is 18.5. The van der Waals surface area contributed by atoms with Gasteiger partial charge in [0.15, 0.2) is 0 Å². The molecule has 4 aromatic heterocycles. The van der Waals surface area contributed by atoms with E-state index in [0.717, 1.165) is 27.8 Å². The molecule has 0 spiro atoms. The Labute approximate surface area is 799 Å². The topological polar surface area (TPSA) is 325 Å². The highest BCUT2D eigenvalue weighted by molar-refractivity contribution is 6.19. The molecular formula is C118H70N12O10. The van der Waals surface area contributed by atoms with Crippen molar-refractivity contribution in [3.63, 3.8) is 0 Å². The van der Waals surface area contributed by atoms with Gasteiger partial charge in [-0.1, -0.05) is 400 Å². The highest BCUT2D eigenvalue weighted by atomic mass is 16.2. The molecule has 16 aromatic carbocycles. The molecule has 662 valence electrons. The van der Waals surface area contributed by atoms with Crippen molar-refractivity contribution in [2.75, 3.05) is 0 Å². The van der Waals surface area contributed by atoms with Crippen LogP contribution in [0.1, 0.15) is 162 Å². The molecule has 0 saturated carbocycles. The summed E-state index contributed by atoms with van der Waals surface area (Å²) in [5.74, 6) is -16.5. The average molecular weight is 1820 g/mol. The van der Waals surface area contributed by atoms with Crippen molar-refractivity contribution in [2.45, 2.75) is 0 Å². The van der Waals surface area contributed by atoms with Crippen LogP contribution in [-0.4, -0.2) is 118 Å². The van der Waals surface area contributed by atoms with Crippen molar-refractivity contribution in [3.05, 3.63) is 539 Å². The normalized spacial score (nSPS) is 11.0. The number of nitrogens with zero attached hydrogens (tertiary/aromatic N) is 12. The maximum absolute atomic E-state index is 15.7. The van der Waals surface area contributed by atoms with E-state index in [1.54, 1.807) is 170 Å². The molecule has 20 rings (SSSR count). The molecule has 0 saturated heterocycles. The van der Waals surface area contributed by atoms with Gasteiger partial charge in [0.25, 0.3) is 11.6 Å². The fourth-order valence-corrected chi connectivity index (χ4v) is 16.5. The van der Waals surface area contributed by atoms with Crippen molar-refractivity contribution < 1.29 is 47.9 Å². The van der Waals surface area contributed by atoms with Crippen molar-refractivity contribution in [2.24, 2.45) is 0 Å². The van der Waals surface area contributed by atoms with Gasteiger partial charge in [0.05, 0.1) is 0 Å². The maximum atomic E-state index is 15.7. The Morgan fingerprint density at radius 2 is 0.257 bits per heavy atom. The Bertz CT molecular complexity index is 8140. The molecule has 0 bridgehead atoms. The predicted octanol–water partition coefficient (Wildman–Crippen LogP) is 21.7. The van der Waals surface area contributed by atoms with Crippen LogP contribution in [0.5, 0.6) is 0 Å². The number of carbonyl (C=O) groups is 10. The molecule has 20 aromatic rings. The van der Waals surface area contributed by atoms with Gasteiger partial charge in [0.1, 0.15) is 0 Å². The van der Waals surface area contributed by atoms with Crippen LogP contribution in [0.2, 0.25) is 0 Å². The third-order valence-corrected chi connectivity index (χ3v) is 23.5. The lowest BCUT2D eigenvalue weighted by atomic mass is 9.94. The van der Waals surface area contributed by atoms with E-state index in [-0.39, 0.29) is 44.5 Å². The quantitative estimate of drug-likeness (QED) is 0.0393. The van der Waals surface area contributed by atoms with Gasteiger partial charge in [-0.25, -0.2) is 59.8 Å². The molecule has 4 heterocycles. The molecule has 0 aliphatic carbocycles. The lowest BCUT2D eigenvalue weighted by Crippen LogP contribution is -2.24. The minimum atomic E-state index is -1.19. The molecule has 22 heteroatoms. The van der Waals surface area contributed by atoms with Crippen LogP contribution in [0.3, 0.4) is 0 Å². The molecule has 0 fully saturated rings. The van der Waals surface area contributed by atoms with Crippen LogP contribution in [-0.2, 0) is 0 Å². The summed E-state index contributed by atoms with van der Waals surface area (Å²) >= 11 is 0.